The van der Waals surface area contributed by atoms with Crippen LogP contribution in [0.25, 0.3) is 21.7 Å². The van der Waals surface area contributed by atoms with Gasteiger partial charge in [-0.1, -0.05) is 54.1 Å². The number of rotatable bonds is 4. The Hall–Kier alpha value is -3.19. The van der Waals surface area contributed by atoms with Gasteiger partial charge >= 0.3 is 0 Å². The number of carbonyl (C=O) groups is 1. The smallest absolute Gasteiger partial charge is 0.290 e. The number of halogens is 1. The van der Waals surface area contributed by atoms with Crippen LogP contribution in [0.1, 0.15) is 27.7 Å². The molecule has 0 saturated carbocycles. The van der Waals surface area contributed by atoms with Crippen LogP contribution >= 0.6 is 11.6 Å². The predicted octanol–water partition coefficient (Wildman–Crippen LogP) is 4.48. The first-order chi connectivity index (χ1) is 16.6. The Balaban J connectivity index is 1.50. The molecule has 2 aliphatic heterocycles. The fraction of sp³-hybridized carbons (Fsp3) is 0.259. The molecule has 1 aromatic heterocycles. The Morgan fingerprint density at radius 3 is 2.44 bits per heavy atom. The van der Waals surface area contributed by atoms with E-state index in [9.17, 15) is 9.59 Å². The summed E-state index contributed by atoms with van der Waals surface area (Å²) in [5.41, 5.74) is 1.53. The van der Waals surface area contributed by atoms with Crippen molar-refractivity contribution in [2.75, 3.05) is 39.4 Å². The Labute approximate surface area is 201 Å². The minimum atomic E-state index is -0.520. The van der Waals surface area contributed by atoms with Crippen LogP contribution in [0.5, 0.6) is 0 Å². The molecule has 3 aromatic carbocycles. The van der Waals surface area contributed by atoms with Crippen LogP contribution in [0.3, 0.4) is 0 Å². The molecule has 1 atom stereocenters. The van der Waals surface area contributed by atoms with Crippen molar-refractivity contribution in [3.05, 3.63) is 92.8 Å². The average molecular weight is 475 g/mol. The van der Waals surface area contributed by atoms with E-state index in [0.29, 0.717) is 47.9 Å². The number of carbonyl (C=O) groups excluding carboxylic acids is 1. The maximum atomic E-state index is 13.8. The lowest BCUT2D eigenvalue weighted by molar-refractivity contribution is 0.0314. The van der Waals surface area contributed by atoms with Gasteiger partial charge in [0.2, 0.25) is 5.76 Å². The number of hydrogen-bond donors (Lipinski definition) is 0. The van der Waals surface area contributed by atoms with E-state index in [2.05, 4.69) is 4.90 Å². The molecule has 0 spiro atoms. The Morgan fingerprint density at radius 2 is 1.65 bits per heavy atom. The first kappa shape index (κ1) is 21.4. The van der Waals surface area contributed by atoms with Gasteiger partial charge in [-0.25, -0.2) is 0 Å². The molecule has 34 heavy (non-hydrogen) atoms. The summed E-state index contributed by atoms with van der Waals surface area (Å²) in [5.74, 6) is -0.120. The molecule has 0 N–H and O–H groups in total. The summed E-state index contributed by atoms with van der Waals surface area (Å²) in [6.45, 7) is 4.21. The Bertz CT molecular complexity index is 1460. The summed E-state index contributed by atoms with van der Waals surface area (Å²) < 4.78 is 11.7. The predicted molar refractivity (Wildman–Crippen MR) is 132 cm³/mol. The van der Waals surface area contributed by atoms with E-state index in [4.69, 9.17) is 20.8 Å². The van der Waals surface area contributed by atoms with E-state index in [1.807, 2.05) is 42.5 Å². The van der Waals surface area contributed by atoms with E-state index in [1.165, 1.54) is 0 Å². The maximum absolute atomic E-state index is 13.8. The van der Waals surface area contributed by atoms with Gasteiger partial charge in [-0.15, -0.1) is 0 Å². The molecule has 0 radical (unpaired) electrons. The molecule has 3 heterocycles. The molecular weight excluding hydrogens is 452 g/mol. The molecule has 1 fully saturated rings. The van der Waals surface area contributed by atoms with Crippen LogP contribution in [-0.2, 0) is 4.74 Å². The largest absolute Gasteiger partial charge is 0.450 e. The van der Waals surface area contributed by atoms with Crippen molar-refractivity contribution < 1.29 is 13.9 Å². The van der Waals surface area contributed by atoms with Crippen LogP contribution in [0.2, 0.25) is 5.02 Å². The number of morpholine rings is 1. The highest BCUT2D eigenvalue weighted by atomic mass is 35.5. The number of nitrogens with zero attached hydrogens (tertiary/aromatic N) is 2. The highest BCUT2D eigenvalue weighted by molar-refractivity contribution is 6.30. The van der Waals surface area contributed by atoms with E-state index < -0.39 is 6.04 Å². The lowest BCUT2D eigenvalue weighted by atomic mass is 9.97. The average Bonchev–Trinajstić information content (AvgIpc) is 3.15. The van der Waals surface area contributed by atoms with Gasteiger partial charge in [-0.3, -0.25) is 14.5 Å². The number of ether oxygens (including phenoxy) is 1. The molecule has 1 unspecified atom stereocenters. The second-order valence-electron chi connectivity index (χ2n) is 8.74. The van der Waals surface area contributed by atoms with Crippen molar-refractivity contribution >= 4 is 39.2 Å². The lowest BCUT2D eigenvalue weighted by Crippen LogP contribution is -2.42. The molecule has 2 aliphatic rings. The summed E-state index contributed by atoms with van der Waals surface area (Å²) in [7, 11) is 0. The van der Waals surface area contributed by atoms with E-state index in [0.717, 1.165) is 29.4 Å². The van der Waals surface area contributed by atoms with Crippen molar-refractivity contribution in [1.29, 1.82) is 0 Å². The van der Waals surface area contributed by atoms with E-state index >= 15 is 0 Å². The fourth-order valence-electron chi connectivity index (χ4n) is 5.04. The first-order valence-corrected chi connectivity index (χ1v) is 11.8. The summed E-state index contributed by atoms with van der Waals surface area (Å²) in [4.78, 5) is 31.5. The zero-order valence-electron chi connectivity index (χ0n) is 18.5. The minimum absolute atomic E-state index is 0.135. The molecule has 6 nitrogen and oxygen atoms in total. The van der Waals surface area contributed by atoms with Crippen molar-refractivity contribution in [2.45, 2.75) is 6.04 Å². The van der Waals surface area contributed by atoms with Gasteiger partial charge in [0.25, 0.3) is 5.91 Å². The third-order valence-corrected chi connectivity index (χ3v) is 7.06. The number of hydrogen-bond acceptors (Lipinski definition) is 5. The second-order valence-corrected chi connectivity index (χ2v) is 9.18. The molecule has 1 amide bonds. The van der Waals surface area contributed by atoms with Crippen molar-refractivity contribution in [2.24, 2.45) is 0 Å². The van der Waals surface area contributed by atoms with Gasteiger partial charge < -0.3 is 14.1 Å². The number of benzene rings is 3. The van der Waals surface area contributed by atoms with Crippen LogP contribution < -0.4 is 5.43 Å². The molecule has 4 aromatic rings. The van der Waals surface area contributed by atoms with Gasteiger partial charge in [-0.05, 0) is 29.1 Å². The van der Waals surface area contributed by atoms with Gasteiger partial charge in [0.1, 0.15) is 5.58 Å². The third kappa shape index (κ3) is 3.50. The first-order valence-electron chi connectivity index (χ1n) is 11.5. The molecule has 172 valence electrons. The highest BCUT2D eigenvalue weighted by Gasteiger charge is 2.42. The highest BCUT2D eigenvalue weighted by Crippen LogP contribution is 2.39. The SMILES string of the molecule is O=C1c2oc3c(ccc4ccccc43)c(=O)c2C(c2ccc(Cl)cc2)N1CCN1CCOCC1. The van der Waals surface area contributed by atoms with E-state index in [-0.39, 0.29) is 17.1 Å². The van der Waals surface area contributed by atoms with Crippen molar-refractivity contribution in [3.63, 3.8) is 0 Å². The Kier molecular flexibility index (Phi) is 5.37. The summed E-state index contributed by atoms with van der Waals surface area (Å²) >= 11 is 6.13. The fourth-order valence-corrected chi connectivity index (χ4v) is 5.17. The van der Waals surface area contributed by atoms with Gasteiger partial charge in [0.15, 0.2) is 5.43 Å². The summed E-state index contributed by atoms with van der Waals surface area (Å²) in [5, 5.41) is 2.87. The van der Waals surface area contributed by atoms with Crippen molar-refractivity contribution in [3.8, 4) is 0 Å². The van der Waals surface area contributed by atoms with Crippen LogP contribution in [-0.4, -0.2) is 55.1 Å². The third-order valence-electron chi connectivity index (χ3n) is 6.80. The molecule has 0 bridgehead atoms. The zero-order chi connectivity index (χ0) is 23.2. The van der Waals surface area contributed by atoms with Gasteiger partial charge in [-0.2, -0.15) is 0 Å². The van der Waals surface area contributed by atoms with Crippen molar-refractivity contribution in [1.82, 2.24) is 9.80 Å². The second kappa shape index (κ2) is 8.55. The maximum Gasteiger partial charge on any atom is 0.290 e. The van der Waals surface area contributed by atoms with Gasteiger partial charge in [0, 0.05) is 36.6 Å². The minimum Gasteiger partial charge on any atom is -0.450 e. The van der Waals surface area contributed by atoms with E-state index in [1.54, 1.807) is 23.1 Å². The standard InChI is InChI=1S/C27H23ClN2O4/c28-19-8-5-18(6-9-19)23-22-24(31)21-10-7-17-3-1-2-4-20(17)25(21)34-26(22)27(32)30(23)12-11-29-13-15-33-16-14-29/h1-10,23H,11-16H2. The zero-order valence-corrected chi connectivity index (χ0v) is 19.3. The molecule has 1 saturated heterocycles. The number of amides is 1. The molecule has 6 rings (SSSR count). The quantitative estimate of drug-likeness (QED) is 0.408. The number of fused-ring (bicyclic) bond motifs is 4. The molecular formula is C27H23ClN2O4. The van der Waals surface area contributed by atoms with Crippen LogP contribution in [0.15, 0.2) is 69.9 Å². The topological polar surface area (TPSA) is 63.0 Å². The normalized spacial score (nSPS) is 18.7. The lowest BCUT2D eigenvalue weighted by Gasteiger charge is -2.31. The summed E-state index contributed by atoms with van der Waals surface area (Å²) in [6, 6.07) is 18.3. The van der Waals surface area contributed by atoms with Crippen LogP contribution in [0.4, 0.5) is 0 Å². The monoisotopic (exact) mass is 474 g/mol. The van der Waals surface area contributed by atoms with Gasteiger partial charge in [0.05, 0.1) is 30.2 Å². The Morgan fingerprint density at radius 1 is 0.882 bits per heavy atom. The molecule has 7 heteroatoms. The van der Waals surface area contributed by atoms with Crippen LogP contribution in [0, 0.1) is 0 Å². The summed E-state index contributed by atoms with van der Waals surface area (Å²) in [6.07, 6.45) is 0. The molecule has 0 aliphatic carbocycles.